The van der Waals surface area contributed by atoms with Gasteiger partial charge in [-0.15, -0.1) is 0 Å². The number of rotatable bonds is 20. The highest BCUT2D eigenvalue weighted by Gasteiger charge is 2.46. The second kappa shape index (κ2) is 16.7. The van der Waals surface area contributed by atoms with Crippen molar-refractivity contribution in [2.75, 3.05) is 0 Å². The van der Waals surface area contributed by atoms with Gasteiger partial charge in [0.2, 0.25) is 0 Å². The van der Waals surface area contributed by atoms with Crippen LogP contribution in [0.4, 0.5) is 0 Å². The molecule has 0 aliphatic carbocycles. The zero-order valence-electron chi connectivity index (χ0n) is 26.9. The topological polar surface area (TPSA) is 9.23 Å². The lowest BCUT2D eigenvalue weighted by molar-refractivity contribution is -0.203. The fourth-order valence-corrected chi connectivity index (χ4v) is 7.08. The summed E-state index contributed by atoms with van der Waals surface area (Å²) >= 11 is 0. The van der Waals surface area contributed by atoms with Crippen molar-refractivity contribution in [3.8, 4) is 0 Å². The number of unbranched alkanes of at least 4 members (excludes halogenated alkanes) is 12. The van der Waals surface area contributed by atoms with E-state index in [1.807, 2.05) is 0 Å². The Hall–Kier alpha value is -0.0400. The van der Waals surface area contributed by atoms with Crippen LogP contribution in [-0.2, 0) is 4.74 Å². The van der Waals surface area contributed by atoms with E-state index < -0.39 is 0 Å². The molecule has 0 amide bonds. The second-order valence-corrected chi connectivity index (χ2v) is 15.0. The Bertz CT molecular complexity index is 456. The highest BCUT2D eigenvalue weighted by atomic mass is 16.5. The summed E-state index contributed by atoms with van der Waals surface area (Å²) in [5.74, 6) is 1.12. The Morgan fingerprint density at radius 3 is 0.914 bits per heavy atom. The fourth-order valence-electron chi connectivity index (χ4n) is 7.08. The standard InChI is InChI=1S/C34H70O/c1-13-15-17-19-21-23-25-27-29(31(3,4)5)33(9,10)35-34(11,12)30(32(6,7)8)28-26-24-22-20-18-16-14-2/h29-30H,13-28H2,1-12H3. The molecule has 0 aliphatic rings. The third kappa shape index (κ3) is 15.1. The van der Waals surface area contributed by atoms with Crippen LogP contribution in [0.15, 0.2) is 0 Å². The maximum Gasteiger partial charge on any atom is 0.0666 e. The summed E-state index contributed by atoms with van der Waals surface area (Å²) in [6.07, 6.45) is 21.9. The van der Waals surface area contributed by atoms with Gasteiger partial charge >= 0.3 is 0 Å². The molecule has 0 aromatic heterocycles. The molecule has 35 heavy (non-hydrogen) atoms. The van der Waals surface area contributed by atoms with Crippen molar-refractivity contribution in [1.29, 1.82) is 0 Å². The molecule has 212 valence electrons. The van der Waals surface area contributed by atoms with Crippen LogP contribution in [0, 0.1) is 22.7 Å². The summed E-state index contributed by atoms with van der Waals surface area (Å²) in [4.78, 5) is 0. The van der Waals surface area contributed by atoms with Crippen molar-refractivity contribution in [2.24, 2.45) is 22.7 Å². The Balaban J connectivity index is 5.13. The molecule has 0 N–H and O–H groups in total. The first-order valence-corrected chi connectivity index (χ1v) is 15.8. The van der Waals surface area contributed by atoms with Crippen LogP contribution < -0.4 is 0 Å². The Morgan fingerprint density at radius 1 is 0.400 bits per heavy atom. The molecule has 0 rings (SSSR count). The SMILES string of the molecule is CCCCCCCCCC(C(C)(C)C)C(C)(C)OC(C)(C)C(CCCCCCCCC)C(C)(C)C. The van der Waals surface area contributed by atoms with Crippen LogP contribution >= 0.6 is 0 Å². The largest absolute Gasteiger partial charge is 0.369 e. The molecule has 0 bridgehead atoms. The minimum Gasteiger partial charge on any atom is -0.369 e. The zero-order valence-corrected chi connectivity index (χ0v) is 26.9. The van der Waals surface area contributed by atoms with Crippen LogP contribution in [0.5, 0.6) is 0 Å². The number of ether oxygens (including phenoxy) is 1. The first kappa shape index (κ1) is 35.0. The highest BCUT2D eigenvalue weighted by Crippen LogP contribution is 2.47. The Kier molecular flexibility index (Phi) is 16.7. The van der Waals surface area contributed by atoms with E-state index in [2.05, 4.69) is 83.1 Å². The van der Waals surface area contributed by atoms with Crippen molar-refractivity contribution in [1.82, 2.24) is 0 Å². The summed E-state index contributed by atoms with van der Waals surface area (Å²) in [7, 11) is 0. The molecule has 0 saturated heterocycles. The maximum absolute atomic E-state index is 7.22. The third-order valence-electron chi connectivity index (χ3n) is 8.49. The van der Waals surface area contributed by atoms with Gasteiger partial charge in [0.25, 0.3) is 0 Å². The molecule has 0 aromatic rings. The van der Waals surface area contributed by atoms with Crippen LogP contribution in [0.1, 0.15) is 186 Å². The Labute approximate surface area is 224 Å². The highest BCUT2D eigenvalue weighted by molar-refractivity contribution is 4.94. The van der Waals surface area contributed by atoms with Crippen molar-refractivity contribution < 1.29 is 4.74 Å². The lowest BCUT2D eigenvalue weighted by atomic mass is 9.67. The molecule has 2 atom stereocenters. The van der Waals surface area contributed by atoms with Crippen LogP contribution in [0.3, 0.4) is 0 Å². The van der Waals surface area contributed by atoms with E-state index in [9.17, 15) is 0 Å². The fraction of sp³-hybridized carbons (Fsp3) is 1.00. The van der Waals surface area contributed by atoms with Gasteiger partial charge in [-0.2, -0.15) is 0 Å². The lowest BCUT2D eigenvalue weighted by Crippen LogP contribution is -2.52. The predicted octanol–water partition coefficient (Wildman–Crippen LogP) is 12.2. The van der Waals surface area contributed by atoms with E-state index in [0.29, 0.717) is 11.8 Å². The third-order valence-corrected chi connectivity index (χ3v) is 8.49. The smallest absolute Gasteiger partial charge is 0.0666 e. The normalized spacial score (nSPS) is 15.4. The summed E-state index contributed by atoms with van der Waals surface area (Å²) in [6.45, 7) is 28.7. The van der Waals surface area contributed by atoms with Gasteiger partial charge in [0, 0.05) is 0 Å². The minimum absolute atomic E-state index is 0.131. The van der Waals surface area contributed by atoms with Crippen LogP contribution in [0.2, 0.25) is 0 Å². The van der Waals surface area contributed by atoms with Crippen molar-refractivity contribution >= 4 is 0 Å². The zero-order chi connectivity index (χ0) is 27.2. The molecule has 0 radical (unpaired) electrons. The molecule has 0 aromatic carbocycles. The molecule has 0 spiro atoms. The molecular weight excluding hydrogens is 424 g/mol. The van der Waals surface area contributed by atoms with Gasteiger partial charge in [-0.05, 0) is 63.2 Å². The first-order valence-electron chi connectivity index (χ1n) is 15.8. The Morgan fingerprint density at radius 2 is 0.657 bits per heavy atom. The summed E-state index contributed by atoms with van der Waals surface area (Å²) in [5.41, 5.74) is 0.232. The average Bonchev–Trinajstić information content (AvgIpc) is 2.68. The van der Waals surface area contributed by atoms with Gasteiger partial charge < -0.3 is 4.74 Å². The quantitative estimate of drug-likeness (QED) is 0.153. The van der Waals surface area contributed by atoms with E-state index in [-0.39, 0.29) is 22.0 Å². The molecule has 0 fully saturated rings. The lowest BCUT2D eigenvalue weighted by Gasteiger charge is -2.51. The van der Waals surface area contributed by atoms with Gasteiger partial charge in [0.1, 0.15) is 0 Å². The van der Waals surface area contributed by atoms with Gasteiger partial charge in [-0.25, -0.2) is 0 Å². The number of hydrogen-bond donors (Lipinski definition) is 0. The summed E-state index contributed by atoms with van der Waals surface area (Å²) in [5, 5.41) is 0. The van der Waals surface area contributed by atoms with Gasteiger partial charge in [-0.3, -0.25) is 0 Å². The van der Waals surface area contributed by atoms with E-state index in [0.717, 1.165) is 0 Å². The molecule has 0 aliphatic heterocycles. The van der Waals surface area contributed by atoms with Gasteiger partial charge in [0.05, 0.1) is 11.2 Å². The molecule has 0 saturated carbocycles. The predicted molar refractivity (Wildman–Crippen MR) is 160 cm³/mol. The van der Waals surface area contributed by atoms with Crippen molar-refractivity contribution in [2.45, 2.75) is 197 Å². The molecular formula is C34H70O. The molecule has 1 heteroatoms. The first-order chi connectivity index (χ1) is 16.1. The van der Waals surface area contributed by atoms with E-state index in [1.165, 1.54) is 103 Å². The van der Waals surface area contributed by atoms with Crippen molar-refractivity contribution in [3.05, 3.63) is 0 Å². The van der Waals surface area contributed by atoms with E-state index in [1.54, 1.807) is 0 Å². The van der Waals surface area contributed by atoms with Gasteiger partial charge in [0.15, 0.2) is 0 Å². The second-order valence-electron chi connectivity index (χ2n) is 15.0. The summed E-state index contributed by atoms with van der Waals surface area (Å²) in [6, 6.07) is 0. The molecule has 1 nitrogen and oxygen atoms in total. The average molecular weight is 495 g/mol. The minimum atomic E-state index is -0.131. The summed E-state index contributed by atoms with van der Waals surface area (Å²) < 4.78 is 7.22. The number of hydrogen-bond acceptors (Lipinski definition) is 1. The van der Waals surface area contributed by atoms with Crippen molar-refractivity contribution in [3.63, 3.8) is 0 Å². The van der Waals surface area contributed by atoms with E-state index >= 15 is 0 Å². The molecule has 2 unspecified atom stereocenters. The van der Waals surface area contributed by atoms with Crippen LogP contribution in [0.25, 0.3) is 0 Å². The molecule has 0 heterocycles. The van der Waals surface area contributed by atoms with Gasteiger partial charge in [-0.1, -0.05) is 145 Å². The van der Waals surface area contributed by atoms with E-state index in [4.69, 9.17) is 4.74 Å². The monoisotopic (exact) mass is 495 g/mol. The maximum atomic E-state index is 7.22. The van der Waals surface area contributed by atoms with Crippen LogP contribution in [-0.4, -0.2) is 11.2 Å².